The van der Waals surface area contributed by atoms with Crippen molar-refractivity contribution in [3.05, 3.63) is 35.1 Å². The van der Waals surface area contributed by atoms with Crippen LogP contribution in [0, 0.1) is 5.82 Å². The molecule has 2 N–H and O–H groups in total. The number of aliphatic hydroxyl groups is 1. The Labute approximate surface area is 107 Å². The molecule has 1 unspecified atom stereocenters. The SMILES string of the molecule is OC1(CNC2CCc3c(F)cccc32)CCCC1. The molecule has 0 spiro atoms. The predicted molar refractivity (Wildman–Crippen MR) is 68.9 cm³/mol. The summed E-state index contributed by atoms with van der Waals surface area (Å²) in [5, 5.41) is 13.7. The normalized spacial score (nSPS) is 25.3. The van der Waals surface area contributed by atoms with E-state index < -0.39 is 5.60 Å². The average molecular weight is 249 g/mol. The lowest BCUT2D eigenvalue weighted by atomic mass is 10.0. The van der Waals surface area contributed by atoms with Gasteiger partial charge in [0.05, 0.1) is 5.60 Å². The van der Waals surface area contributed by atoms with Gasteiger partial charge in [-0.2, -0.15) is 0 Å². The van der Waals surface area contributed by atoms with Crippen LogP contribution in [0.4, 0.5) is 4.39 Å². The first-order valence-electron chi connectivity index (χ1n) is 6.91. The third-order valence-electron chi connectivity index (χ3n) is 4.43. The summed E-state index contributed by atoms with van der Waals surface area (Å²) in [7, 11) is 0. The molecule has 98 valence electrons. The van der Waals surface area contributed by atoms with Crippen molar-refractivity contribution in [1.82, 2.24) is 5.32 Å². The quantitative estimate of drug-likeness (QED) is 0.863. The Morgan fingerprint density at radius 1 is 1.33 bits per heavy atom. The van der Waals surface area contributed by atoms with Crippen molar-refractivity contribution in [2.75, 3.05) is 6.54 Å². The molecule has 1 aromatic rings. The fourth-order valence-electron chi connectivity index (χ4n) is 3.34. The molecule has 1 saturated carbocycles. The maximum absolute atomic E-state index is 13.6. The third-order valence-corrected chi connectivity index (χ3v) is 4.43. The molecule has 2 aliphatic carbocycles. The zero-order valence-electron chi connectivity index (χ0n) is 10.6. The van der Waals surface area contributed by atoms with Gasteiger partial charge in [0.25, 0.3) is 0 Å². The molecule has 18 heavy (non-hydrogen) atoms. The summed E-state index contributed by atoms with van der Waals surface area (Å²) in [6.07, 6.45) is 5.76. The molecular weight excluding hydrogens is 229 g/mol. The van der Waals surface area contributed by atoms with Crippen molar-refractivity contribution in [3.8, 4) is 0 Å². The summed E-state index contributed by atoms with van der Waals surface area (Å²) in [4.78, 5) is 0. The molecule has 2 aliphatic rings. The predicted octanol–water partition coefficient (Wildman–Crippen LogP) is 2.71. The van der Waals surface area contributed by atoms with Crippen molar-refractivity contribution in [2.24, 2.45) is 0 Å². The van der Waals surface area contributed by atoms with Gasteiger partial charge in [0, 0.05) is 12.6 Å². The molecule has 0 radical (unpaired) electrons. The first-order valence-corrected chi connectivity index (χ1v) is 6.91. The summed E-state index contributed by atoms with van der Waals surface area (Å²) >= 11 is 0. The maximum Gasteiger partial charge on any atom is 0.126 e. The van der Waals surface area contributed by atoms with E-state index in [2.05, 4.69) is 5.32 Å². The van der Waals surface area contributed by atoms with Crippen LogP contribution >= 0.6 is 0 Å². The van der Waals surface area contributed by atoms with Crippen molar-refractivity contribution in [3.63, 3.8) is 0 Å². The second-order valence-electron chi connectivity index (χ2n) is 5.71. The lowest BCUT2D eigenvalue weighted by Crippen LogP contribution is -2.39. The van der Waals surface area contributed by atoms with Crippen LogP contribution in [0.1, 0.15) is 49.3 Å². The Bertz CT molecular complexity index is 440. The fourth-order valence-corrected chi connectivity index (χ4v) is 3.34. The Hall–Kier alpha value is -0.930. The van der Waals surface area contributed by atoms with Crippen LogP contribution < -0.4 is 5.32 Å². The molecule has 0 saturated heterocycles. The van der Waals surface area contributed by atoms with Crippen LogP contribution in [-0.4, -0.2) is 17.3 Å². The molecule has 0 bridgehead atoms. The molecule has 0 amide bonds. The van der Waals surface area contributed by atoms with Crippen molar-refractivity contribution in [2.45, 2.75) is 50.2 Å². The summed E-state index contributed by atoms with van der Waals surface area (Å²) < 4.78 is 13.6. The lowest BCUT2D eigenvalue weighted by molar-refractivity contribution is 0.0448. The molecular formula is C15H20FNO. The molecule has 3 rings (SSSR count). The van der Waals surface area contributed by atoms with Gasteiger partial charge in [-0.25, -0.2) is 4.39 Å². The highest BCUT2D eigenvalue weighted by atomic mass is 19.1. The van der Waals surface area contributed by atoms with Crippen LogP contribution in [-0.2, 0) is 6.42 Å². The van der Waals surface area contributed by atoms with Crippen LogP contribution in [0.3, 0.4) is 0 Å². The Balaban J connectivity index is 1.68. The van der Waals surface area contributed by atoms with E-state index >= 15 is 0 Å². The Morgan fingerprint density at radius 2 is 2.11 bits per heavy atom. The van der Waals surface area contributed by atoms with Gasteiger partial charge in [-0.05, 0) is 42.9 Å². The average Bonchev–Trinajstić information content (AvgIpc) is 2.95. The van der Waals surface area contributed by atoms with Crippen LogP contribution in [0.2, 0.25) is 0 Å². The van der Waals surface area contributed by atoms with Gasteiger partial charge in [0.15, 0.2) is 0 Å². The molecule has 2 nitrogen and oxygen atoms in total. The van der Waals surface area contributed by atoms with Crippen LogP contribution in [0.15, 0.2) is 18.2 Å². The van der Waals surface area contributed by atoms with E-state index in [-0.39, 0.29) is 11.9 Å². The summed E-state index contributed by atoms with van der Waals surface area (Å²) in [5.41, 5.74) is 1.40. The van der Waals surface area contributed by atoms with E-state index in [4.69, 9.17) is 0 Å². The van der Waals surface area contributed by atoms with E-state index in [1.54, 1.807) is 6.07 Å². The minimum absolute atomic E-state index is 0.0867. The first-order chi connectivity index (χ1) is 8.68. The number of hydrogen-bond acceptors (Lipinski definition) is 2. The molecule has 1 aromatic carbocycles. The monoisotopic (exact) mass is 249 g/mol. The molecule has 3 heteroatoms. The minimum Gasteiger partial charge on any atom is -0.389 e. The molecule has 0 aliphatic heterocycles. The van der Waals surface area contributed by atoms with Crippen molar-refractivity contribution in [1.29, 1.82) is 0 Å². The first kappa shape index (κ1) is 12.1. The maximum atomic E-state index is 13.6. The van der Waals surface area contributed by atoms with Gasteiger partial charge < -0.3 is 10.4 Å². The zero-order valence-corrected chi connectivity index (χ0v) is 10.6. The number of rotatable bonds is 3. The second kappa shape index (κ2) is 4.63. The highest BCUT2D eigenvalue weighted by molar-refractivity contribution is 5.35. The number of hydrogen-bond donors (Lipinski definition) is 2. The van der Waals surface area contributed by atoms with Gasteiger partial charge in [-0.3, -0.25) is 0 Å². The van der Waals surface area contributed by atoms with Gasteiger partial charge in [0.1, 0.15) is 5.82 Å². The summed E-state index contributed by atoms with van der Waals surface area (Å²) in [5.74, 6) is -0.0867. The molecule has 1 fully saturated rings. The van der Waals surface area contributed by atoms with Crippen molar-refractivity contribution >= 4 is 0 Å². The van der Waals surface area contributed by atoms with E-state index in [0.717, 1.165) is 49.7 Å². The Morgan fingerprint density at radius 3 is 2.89 bits per heavy atom. The number of halogens is 1. The molecule has 0 aromatic heterocycles. The lowest BCUT2D eigenvalue weighted by Gasteiger charge is -2.25. The second-order valence-corrected chi connectivity index (χ2v) is 5.71. The summed E-state index contributed by atoms with van der Waals surface area (Å²) in [6, 6.07) is 5.52. The van der Waals surface area contributed by atoms with Gasteiger partial charge in [-0.15, -0.1) is 0 Å². The van der Waals surface area contributed by atoms with Crippen LogP contribution in [0.5, 0.6) is 0 Å². The zero-order chi connectivity index (χ0) is 12.6. The molecule has 1 atom stereocenters. The highest BCUT2D eigenvalue weighted by Gasteiger charge is 2.33. The minimum atomic E-state index is -0.532. The third kappa shape index (κ3) is 2.17. The van der Waals surface area contributed by atoms with E-state index in [1.165, 1.54) is 6.07 Å². The van der Waals surface area contributed by atoms with E-state index in [0.29, 0.717) is 6.54 Å². The number of benzene rings is 1. The van der Waals surface area contributed by atoms with Crippen LogP contribution in [0.25, 0.3) is 0 Å². The topological polar surface area (TPSA) is 32.3 Å². The number of fused-ring (bicyclic) bond motifs is 1. The van der Waals surface area contributed by atoms with Gasteiger partial charge in [0.2, 0.25) is 0 Å². The Kier molecular flexibility index (Phi) is 3.12. The van der Waals surface area contributed by atoms with Gasteiger partial charge >= 0.3 is 0 Å². The highest BCUT2D eigenvalue weighted by Crippen LogP contribution is 2.34. The fraction of sp³-hybridized carbons (Fsp3) is 0.600. The number of nitrogens with one attached hydrogen (secondary N) is 1. The smallest absolute Gasteiger partial charge is 0.126 e. The standard InChI is InChI=1S/C15H20FNO/c16-13-5-3-4-12-11(13)6-7-14(12)17-10-15(18)8-1-2-9-15/h3-5,14,17-18H,1-2,6-10H2. The largest absolute Gasteiger partial charge is 0.389 e. The van der Waals surface area contributed by atoms with Gasteiger partial charge in [-0.1, -0.05) is 25.0 Å². The van der Waals surface area contributed by atoms with E-state index in [9.17, 15) is 9.50 Å². The van der Waals surface area contributed by atoms with E-state index in [1.807, 2.05) is 6.07 Å². The molecule has 0 heterocycles. The van der Waals surface area contributed by atoms with Crippen molar-refractivity contribution < 1.29 is 9.50 Å². The summed E-state index contributed by atoms with van der Waals surface area (Å²) in [6.45, 7) is 0.633.